The molecule has 0 saturated heterocycles. The van der Waals surface area contributed by atoms with E-state index in [9.17, 15) is 9.18 Å². The standard InChI is InChI=1S/C12H12FN3O2S/c1-18-12(17)9-10(14)16-19-11(9)15-6-7-2-4-8(13)5-3-7/h2-5,15H,6H2,1H3,(H2,14,16). The van der Waals surface area contributed by atoms with Crippen LogP contribution in [0.2, 0.25) is 0 Å². The molecule has 0 amide bonds. The fraction of sp³-hybridized carbons (Fsp3) is 0.167. The van der Waals surface area contributed by atoms with Crippen molar-refractivity contribution in [3.8, 4) is 0 Å². The Balaban J connectivity index is 2.11. The summed E-state index contributed by atoms with van der Waals surface area (Å²) in [6.07, 6.45) is 0. The van der Waals surface area contributed by atoms with Crippen molar-refractivity contribution in [2.75, 3.05) is 18.2 Å². The Bertz CT molecular complexity index is 583. The van der Waals surface area contributed by atoms with Crippen LogP contribution in [-0.2, 0) is 11.3 Å². The van der Waals surface area contributed by atoms with Crippen molar-refractivity contribution in [3.05, 3.63) is 41.2 Å². The molecule has 0 aliphatic heterocycles. The minimum Gasteiger partial charge on any atom is -0.465 e. The van der Waals surface area contributed by atoms with E-state index in [4.69, 9.17) is 5.73 Å². The zero-order chi connectivity index (χ0) is 13.8. The molecule has 0 aliphatic carbocycles. The molecule has 0 fully saturated rings. The Morgan fingerprint density at radius 3 is 2.79 bits per heavy atom. The molecule has 19 heavy (non-hydrogen) atoms. The van der Waals surface area contributed by atoms with E-state index in [1.807, 2.05) is 0 Å². The van der Waals surface area contributed by atoms with Crippen molar-refractivity contribution in [2.45, 2.75) is 6.54 Å². The van der Waals surface area contributed by atoms with Gasteiger partial charge in [-0.05, 0) is 29.2 Å². The number of hydrogen-bond donors (Lipinski definition) is 2. The first-order valence-corrected chi connectivity index (χ1v) is 6.21. The summed E-state index contributed by atoms with van der Waals surface area (Å²) in [6.45, 7) is 0.436. The molecule has 0 saturated carbocycles. The van der Waals surface area contributed by atoms with Crippen molar-refractivity contribution in [2.24, 2.45) is 0 Å². The molecule has 0 bridgehead atoms. The number of nitrogens with one attached hydrogen (secondary N) is 1. The first-order valence-electron chi connectivity index (χ1n) is 5.43. The molecule has 0 aliphatic rings. The second-order valence-electron chi connectivity index (χ2n) is 3.74. The fourth-order valence-electron chi connectivity index (χ4n) is 1.51. The number of rotatable bonds is 4. The number of ether oxygens (including phenoxy) is 1. The molecule has 1 aromatic carbocycles. The lowest BCUT2D eigenvalue weighted by Crippen LogP contribution is -2.08. The molecule has 1 aromatic heterocycles. The van der Waals surface area contributed by atoms with E-state index < -0.39 is 5.97 Å². The highest BCUT2D eigenvalue weighted by Gasteiger charge is 2.19. The van der Waals surface area contributed by atoms with Crippen LogP contribution in [-0.4, -0.2) is 17.5 Å². The maximum Gasteiger partial charge on any atom is 0.344 e. The molecule has 0 spiro atoms. The van der Waals surface area contributed by atoms with E-state index in [2.05, 4.69) is 14.4 Å². The number of esters is 1. The highest BCUT2D eigenvalue weighted by atomic mass is 32.1. The van der Waals surface area contributed by atoms with Crippen LogP contribution in [0.1, 0.15) is 15.9 Å². The van der Waals surface area contributed by atoms with Crippen LogP contribution in [0.3, 0.4) is 0 Å². The summed E-state index contributed by atoms with van der Waals surface area (Å²) in [5.74, 6) is -0.688. The van der Waals surface area contributed by atoms with Gasteiger partial charge in [0.15, 0.2) is 5.82 Å². The van der Waals surface area contributed by atoms with Gasteiger partial charge in [-0.25, -0.2) is 9.18 Å². The van der Waals surface area contributed by atoms with Crippen LogP contribution in [0, 0.1) is 5.82 Å². The molecule has 3 N–H and O–H groups in total. The number of halogens is 1. The summed E-state index contributed by atoms with van der Waals surface area (Å²) in [5, 5.41) is 3.57. The third-order valence-electron chi connectivity index (χ3n) is 2.47. The Hall–Kier alpha value is -2.15. The molecular formula is C12H12FN3O2S. The summed E-state index contributed by atoms with van der Waals surface area (Å²) < 4.78 is 21.3. The molecule has 2 rings (SSSR count). The molecule has 0 radical (unpaired) electrons. The molecule has 100 valence electrons. The van der Waals surface area contributed by atoms with Gasteiger partial charge in [0.05, 0.1) is 7.11 Å². The van der Waals surface area contributed by atoms with Crippen molar-refractivity contribution in [1.82, 2.24) is 4.37 Å². The van der Waals surface area contributed by atoms with Crippen LogP contribution >= 0.6 is 11.5 Å². The summed E-state index contributed by atoms with van der Waals surface area (Å²) in [4.78, 5) is 11.5. The van der Waals surface area contributed by atoms with E-state index in [-0.39, 0.29) is 17.2 Å². The van der Waals surface area contributed by atoms with Crippen LogP contribution in [0.15, 0.2) is 24.3 Å². The van der Waals surface area contributed by atoms with Gasteiger partial charge in [-0.15, -0.1) is 0 Å². The quantitative estimate of drug-likeness (QED) is 0.841. The zero-order valence-electron chi connectivity index (χ0n) is 10.1. The topological polar surface area (TPSA) is 77.2 Å². The number of nitrogens with two attached hydrogens (primary N) is 1. The van der Waals surface area contributed by atoms with Gasteiger partial charge in [0, 0.05) is 6.54 Å². The van der Waals surface area contributed by atoms with E-state index in [1.54, 1.807) is 12.1 Å². The summed E-state index contributed by atoms with van der Waals surface area (Å²) in [7, 11) is 1.28. The first-order chi connectivity index (χ1) is 9.11. The molecule has 1 heterocycles. The van der Waals surface area contributed by atoms with Gasteiger partial charge < -0.3 is 15.8 Å². The van der Waals surface area contributed by atoms with Crippen molar-refractivity contribution in [3.63, 3.8) is 0 Å². The molecule has 5 nitrogen and oxygen atoms in total. The van der Waals surface area contributed by atoms with Gasteiger partial charge in [-0.3, -0.25) is 0 Å². The Morgan fingerprint density at radius 2 is 2.16 bits per heavy atom. The van der Waals surface area contributed by atoms with Crippen LogP contribution < -0.4 is 11.1 Å². The third kappa shape index (κ3) is 3.00. The number of carbonyl (C=O) groups is 1. The molecule has 2 aromatic rings. The molecule has 7 heteroatoms. The number of anilines is 2. The van der Waals surface area contributed by atoms with Crippen molar-refractivity contribution < 1.29 is 13.9 Å². The van der Waals surface area contributed by atoms with E-state index in [1.165, 1.54) is 19.2 Å². The van der Waals surface area contributed by atoms with E-state index >= 15 is 0 Å². The highest BCUT2D eigenvalue weighted by Crippen LogP contribution is 2.27. The normalized spacial score (nSPS) is 10.2. The molecule has 0 atom stereocenters. The lowest BCUT2D eigenvalue weighted by molar-refractivity contribution is 0.0603. The van der Waals surface area contributed by atoms with Gasteiger partial charge in [0.1, 0.15) is 16.4 Å². The van der Waals surface area contributed by atoms with Gasteiger partial charge >= 0.3 is 5.97 Å². The summed E-state index contributed by atoms with van der Waals surface area (Å²) >= 11 is 1.08. The number of hydrogen-bond acceptors (Lipinski definition) is 6. The predicted octanol–water partition coefficient (Wildman–Crippen LogP) is 2.26. The Morgan fingerprint density at radius 1 is 1.47 bits per heavy atom. The predicted molar refractivity (Wildman–Crippen MR) is 71.6 cm³/mol. The minimum absolute atomic E-state index is 0.137. The molecule has 0 unspecified atom stereocenters. The average molecular weight is 281 g/mol. The highest BCUT2D eigenvalue weighted by molar-refractivity contribution is 7.11. The van der Waals surface area contributed by atoms with Gasteiger partial charge in [0.2, 0.25) is 0 Å². The fourth-order valence-corrected chi connectivity index (χ4v) is 2.20. The van der Waals surface area contributed by atoms with Gasteiger partial charge in [-0.2, -0.15) is 4.37 Å². The van der Waals surface area contributed by atoms with Crippen LogP contribution in [0.4, 0.5) is 15.2 Å². The molecular weight excluding hydrogens is 269 g/mol. The maximum absolute atomic E-state index is 12.8. The second kappa shape index (κ2) is 5.66. The number of carbonyl (C=O) groups excluding carboxylic acids is 1. The summed E-state index contributed by atoms with van der Waals surface area (Å²) in [6, 6.07) is 6.06. The number of nitrogen functional groups attached to an aromatic ring is 1. The van der Waals surface area contributed by atoms with E-state index in [0.717, 1.165) is 17.1 Å². The SMILES string of the molecule is COC(=O)c1c(N)nsc1NCc1ccc(F)cc1. The second-order valence-corrected chi connectivity index (χ2v) is 4.52. The monoisotopic (exact) mass is 281 g/mol. The zero-order valence-corrected chi connectivity index (χ0v) is 11.0. The lowest BCUT2D eigenvalue weighted by atomic mass is 10.2. The van der Waals surface area contributed by atoms with Crippen LogP contribution in [0.5, 0.6) is 0 Å². The van der Waals surface area contributed by atoms with Gasteiger partial charge in [-0.1, -0.05) is 12.1 Å². The third-order valence-corrected chi connectivity index (χ3v) is 3.29. The van der Waals surface area contributed by atoms with Crippen molar-refractivity contribution in [1.29, 1.82) is 0 Å². The number of nitrogens with zero attached hydrogens (tertiary/aromatic N) is 1. The first kappa shape index (κ1) is 13.3. The Kier molecular flexibility index (Phi) is 3.96. The van der Waals surface area contributed by atoms with Crippen molar-refractivity contribution >= 4 is 28.3 Å². The minimum atomic E-state index is -0.534. The number of aromatic nitrogens is 1. The number of benzene rings is 1. The van der Waals surface area contributed by atoms with E-state index in [0.29, 0.717) is 11.5 Å². The number of methoxy groups -OCH3 is 1. The average Bonchev–Trinajstić information content (AvgIpc) is 2.78. The van der Waals surface area contributed by atoms with Gasteiger partial charge in [0.25, 0.3) is 0 Å². The van der Waals surface area contributed by atoms with Crippen LogP contribution in [0.25, 0.3) is 0 Å². The summed E-state index contributed by atoms with van der Waals surface area (Å²) in [5.41, 5.74) is 6.73. The largest absolute Gasteiger partial charge is 0.465 e. The maximum atomic E-state index is 12.8. The smallest absolute Gasteiger partial charge is 0.344 e. The lowest BCUT2D eigenvalue weighted by Gasteiger charge is -2.06. The Labute approximate surface area is 113 Å².